The maximum absolute atomic E-state index is 13.7. The Morgan fingerprint density at radius 3 is 3.00 bits per heavy atom. The van der Waals surface area contributed by atoms with Gasteiger partial charge in [0.05, 0.1) is 19.4 Å². The molecule has 5 nitrogen and oxygen atoms in total. The molecule has 6 heteroatoms. The van der Waals surface area contributed by atoms with Gasteiger partial charge in [0.2, 0.25) is 5.91 Å². The predicted molar refractivity (Wildman–Crippen MR) is 87.3 cm³/mol. The van der Waals surface area contributed by atoms with Crippen LogP contribution in [-0.2, 0) is 16.1 Å². The van der Waals surface area contributed by atoms with Crippen molar-refractivity contribution in [3.05, 3.63) is 59.4 Å². The van der Waals surface area contributed by atoms with Crippen molar-refractivity contribution in [1.29, 1.82) is 0 Å². The normalized spacial score (nSPS) is 13.2. The summed E-state index contributed by atoms with van der Waals surface area (Å²) < 4.78 is 29.4. The standard InChI is InChI=1S/C18H16FNO4/c1-22-16-5-3-2-4-15(16)20-17(21)7-6-12-8-14(19)9-13-10-23-11-24-18(12)13/h2-9H,10-11H2,1H3,(H,20,21)/b7-6+. The van der Waals surface area contributed by atoms with E-state index in [-0.39, 0.29) is 19.3 Å². The fourth-order valence-electron chi connectivity index (χ4n) is 2.42. The Bertz CT molecular complexity index is 789. The highest BCUT2D eigenvalue weighted by Gasteiger charge is 2.15. The Kier molecular flexibility index (Phi) is 4.77. The van der Waals surface area contributed by atoms with E-state index in [9.17, 15) is 9.18 Å². The summed E-state index contributed by atoms with van der Waals surface area (Å²) >= 11 is 0. The van der Waals surface area contributed by atoms with Crippen LogP contribution >= 0.6 is 0 Å². The minimum Gasteiger partial charge on any atom is -0.495 e. The number of ether oxygens (including phenoxy) is 3. The summed E-state index contributed by atoms with van der Waals surface area (Å²) in [4.78, 5) is 12.1. The molecule has 124 valence electrons. The van der Waals surface area contributed by atoms with E-state index in [0.717, 1.165) is 0 Å². The Morgan fingerprint density at radius 2 is 2.17 bits per heavy atom. The fourth-order valence-corrected chi connectivity index (χ4v) is 2.42. The fraction of sp³-hybridized carbons (Fsp3) is 0.167. The van der Waals surface area contributed by atoms with Crippen LogP contribution in [0.5, 0.6) is 11.5 Å². The Morgan fingerprint density at radius 1 is 1.33 bits per heavy atom. The van der Waals surface area contributed by atoms with Gasteiger partial charge in [-0.05, 0) is 30.3 Å². The number of rotatable bonds is 4. The van der Waals surface area contributed by atoms with Crippen LogP contribution in [0.4, 0.5) is 10.1 Å². The molecule has 2 aromatic carbocycles. The molecule has 0 saturated carbocycles. The van der Waals surface area contributed by atoms with Crippen molar-refractivity contribution in [2.45, 2.75) is 6.61 Å². The molecule has 1 heterocycles. The number of carbonyl (C=O) groups is 1. The van der Waals surface area contributed by atoms with E-state index in [1.807, 2.05) is 6.07 Å². The average Bonchev–Trinajstić information content (AvgIpc) is 2.60. The topological polar surface area (TPSA) is 56.8 Å². The van der Waals surface area contributed by atoms with Gasteiger partial charge in [-0.2, -0.15) is 0 Å². The molecular weight excluding hydrogens is 313 g/mol. The summed E-state index contributed by atoms with van der Waals surface area (Å²) in [6.07, 6.45) is 2.83. The van der Waals surface area contributed by atoms with E-state index in [1.54, 1.807) is 18.2 Å². The van der Waals surface area contributed by atoms with Crippen molar-refractivity contribution in [1.82, 2.24) is 0 Å². The first-order valence-electron chi connectivity index (χ1n) is 7.32. The van der Waals surface area contributed by atoms with Crippen LogP contribution in [-0.4, -0.2) is 19.8 Å². The third kappa shape index (κ3) is 3.55. The smallest absolute Gasteiger partial charge is 0.248 e. The Labute approximate surface area is 138 Å². The lowest BCUT2D eigenvalue weighted by Gasteiger charge is -2.19. The zero-order valence-electron chi connectivity index (χ0n) is 13.0. The number of carbonyl (C=O) groups excluding carboxylic acids is 1. The molecule has 0 bridgehead atoms. The zero-order valence-corrected chi connectivity index (χ0v) is 13.0. The number of hydrogen-bond acceptors (Lipinski definition) is 4. The number of hydrogen-bond donors (Lipinski definition) is 1. The number of nitrogens with one attached hydrogen (secondary N) is 1. The van der Waals surface area contributed by atoms with E-state index in [2.05, 4.69) is 5.32 Å². The van der Waals surface area contributed by atoms with Crippen molar-refractivity contribution in [3.8, 4) is 11.5 Å². The van der Waals surface area contributed by atoms with Gasteiger partial charge in [-0.3, -0.25) is 4.79 Å². The molecule has 1 aliphatic heterocycles. The molecule has 3 rings (SSSR count). The molecule has 0 radical (unpaired) electrons. The van der Waals surface area contributed by atoms with Gasteiger partial charge in [0, 0.05) is 17.2 Å². The number of fused-ring (bicyclic) bond motifs is 1. The quantitative estimate of drug-likeness (QED) is 0.874. The van der Waals surface area contributed by atoms with Crippen LogP contribution in [0.15, 0.2) is 42.5 Å². The third-order valence-corrected chi connectivity index (χ3v) is 3.48. The SMILES string of the molecule is COc1ccccc1NC(=O)/C=C/c1cc(F)cc2c1OCOC2. The van der Waals surface area contributed by atoms with Crippen molar-refractivity contribution in [2.75, 3.05) is 19.2 Å². The first kappa shape index (κ1) is 16.0. The highest BCUT2D eigenvalue weighted by Crippen LogP contribution is 2.30. The van der Waals surface area contributed by atoms with E-state index in [1.165, 1.54) is 31.4 Å². The Balaban J connectivity index is 1.78. The van der Waals surface area contributed by atoms with Crippen LogP contribution in [0.25, 0.3) is 6.08 Å². The van der Waals surface area contributed by atoms with E-state index in [0.29, 0.717) is 28.3 Å². The van der Waals surface area contributed by atoms with Gasteiger partial charge in [-0.15, -0.1) is 0 Å². The van der Waals surface area contributed by atoms with Crippen molar-refractivity contribution in [3.63, 3.8) is 0 Å². The van der Waals surface area contributed by atoms with Gasteiger partial charge in [0.15, 0.2) is 6.79 Å². The summed E-state index contributed by atoms with van der Waals surface area (Å²) in [5.74, 6) is 0.323. The zero-order chi connectivity index (χ0) is 16.9. The molecule has 0 aliphatic carbocycles. The lowest BCUT2D eigenvalue weighted by atomic mass is 10.1. The van der Waals surface area contributed by atoms with Gasteiger partial charge >= 0.3 is 0 Å². The molecular formula is C18H16FNO4. The lowest BCUT2D eigenvalue weighted by Crippen LogP contribution is -2.13. The predicted octanol–water partition coefficient (Wildman–Crippen LogP) is 3.35. The second-order valence-corrected chi connectivity index (χ2v) is 5.12. The number of para-hydroxylation sites is 2. The van der Waals surface area contributed by atoms with Crippen LogP contribution in [0.1, 0.15) is 11.1 Å². The molecule has 0 aromatic heterocycles. The van der Waals surface area contributed by atoms with Crippen LogP contribution < -0.4 is 14.8 Å². The average molecular weight is 329 g/mol. The van der Waals surface area contributed by atoms with E-state index >= 15 is 0 Å². The number of amides is 1. The van der Waals surface area contributed by atoms with Crippen LogP contribution in [0.3, 0.4) is 0 Å². The summed E-state index contributed by atoms with van der Waals surface area (Å²) in [6.45, 7) is 0.383. The molecule has 1 N–H and O–H groups in total. The molecule has 1 aliphatic rings. The first-order chi connectivity index (χ1) is 11.7. The minimum absolute atomic E-state index is 0.104. The maximum Gasteiger partial charge on any atom is 0.248 e. The highest BCUT2D eigenvalue weighted by atomic mass is 19.1. The monoisotopic (exact) mass is 329 g/mol. The number of methoxy groups -OCH3 is 1. The maximum atomic E-state index is 13.7. The van der Waals surface area contributed by atoms with Crippen molar-refractivity contribution < 1.29 is 23.4 Å². The first-order valence-corrected chi connectivity index (χ1v) is 7.32. The minimum atomic E-state index is -0.410. The van der Waals surface area contributed by atoms with Crippen LogP contribution in [0.2, 0.25) is 0 Å². The van der Waals surface area contributed by atoms with E-state index < -0.39 is 5.82 Å². The Hall–Kier alpha value is -2.86. The van der Waals surface area contributed by atoms with Gasteiger partial charge in [-0.1, -0.05) is 12.1 Å². The molecule has 1 amide bonds. The van der Waals surface area contributed by atoms with Gasteiger partial charge in [0.1, 0.15) is 17.3 Å². The van der Waals surface area contributed by atoms with Gasteiger partial charge in [0.25, 0.3) is 0 Å². The number of benzene rings is 2. The van der Waals surface area contributed by atoms with Crippen molar-refractivity contribution in [2.24, 2.45) is 0 Å². The van der Waals surface area contributed by atoms with Gasteiger partial charge < -0.3 is 19.5 Å². The van der Waals surface area contributed by atoms with Crippen LogP contribution in [0, 0.1) is 5.82 Å². The molecule has 2 aromatic rings. The molecule has 0 unspecified atom stereocenters. The highest BCUT2D eigenvalue weighted by molar-refractivity contribution is 6.03. The number of halogens is 1. The third-order valence-electron chi connectivity index (χ3n) is 3.48. The summed E-state index contributed by atoms with van der Waals surface area (Å²) in [7, 11) is 1.53. The summed E-state index contributed by atoms with van der Waals surface area (Å²) in [5, 5.41) is 2.72. The van der Waals surface area contributed by atoms with Crippen molar-refractivity contribution >= 4 is 17.7 Å². The summed E-state index contributed by atoms with van der Waals surface area (Å²) in [6, 6.07) is 9.75. The molecule has 0 atom stereocenters. The summed E-state index contributed by atoms with van der Waals surface area (Å²) in [5.41, 5.74) is 1.66. The second kappa shape index (κ2) is 7.14. The number of anilines is 1. The second-order valence-electron chi connectivity index (χ2n) is 5.12. The lowest BCUT2D eigenvalue weighted by molar-refractivity contribution is -0.111. The van der Waals surface area contributed by atoms with E-state index in [4.69, 9.17) is 14.2 Å². The van der Waals surface area contributed by atoms with Gasteiger partial charge in [-0.25, -0.2) is 4.39 Å². The molecule has 0 saturated heterocycles. The molecule has 0 spiro atoms. The molecule has 24 heavy (non-hydrogen) atoms. The molecule has 0 fully saturated rings. The largest absolute Gasteiger partial charge is 0.495 e.